The first kappa shape index (κ1) is 12.4. The van der Waals surface area contributed by atoms with Crippen molar-refractivity contribution in [3.8, 4) is 5.75 Å². The molecule has 20 heavy (non-hydrogen) atoms. The fourth-order valence-electron chi connectivity index (χ4n) is 2.18. The third kappa shape index (κ3) is 2.28. The Morgan fingerprint density at radius 1 is 1.15 bits per heavy atom. The number of hydrogen-bond acceptors (Lipinski definition) is 3. The van der Waals surface area contributed by atoms with E-state index in [2.05, 4.69) is 5.10 Å². The number of amides is 1. The third-order valence-corrected chi connectivity index (χ3v) is 3.24. The average Bonchev–Trinajstić information content (AvgIpc) is 2.81. The van der Waals surface area contributed by atoms with Crippen LogP contribution in [0.3, 0.4) is 0 Å². The minimum atomic E-state index is -0.00374. The predicted octanol–water partition coefficient (Wildman–Crippen LogP) is 2.62. The molecule has 1 aliphatic rings. The summed E-state index contributed by atoms with van der Waals surface area (Å²) in [6, 6.07) is 15.2. The number of ether oxygens (including phenoxy) is 1. The highest BCUT2D eigenvalue weighted by molar-refractivity contribution is 6.02. The van der Waals surface area contributed by atoms with E-state index in [1.165, 1.54) is 5.01 Å². The number of benzene rings is 2. The molecule has 0 spiro atoms. The van der Waals surface area contributed by atoms with Gasteiger partial charge in [0.25, 0.3) is 5.91 Å². The van der Waals surface area contributed by atoms with Crippen molar-refractivity contribution in [2.75, 3.05) is 12.1 Å². The van der Waals surface area contributed by atoms with Crippen molar-refractivity contribution < 1.29 is 9.53 Å². The number of methoxy groups -OCH3 is 1. The fraction of sp³-hybridized carbons (Fsp3) is 0.125. The van der Waals surface area contributed by atoms with E-state index in [1.54, 1.807) is 13.3 Å². The largest absolute Gasteiger partial charge is 0.497 e. The Hall–Kier alpha value is -2.62. The Morgan fingerprint density at radius 3 is 2.65 bits per heavy atom. The number of hydrazone groups is 1. The van der Waals surface area contributed by atoms with Crippen LogP contribution in [0.15, 0.2) is 53.6 Å². The van der Waals surface area contributed by atoms with Gasteiger partial charge in [-0.25, -0.2) is 5.01 Å². The van der Waals surface area contributed by atoms with Crippen LogP contribution in [0.25, 0.3) is 0 Å². The van der Waals surface area contributed by atoms with Gasteiger partial charge in [-0.3, -0.25) is 4.79 Å². The van der Waals surface area contributed by atoms with E-state index in [1.807, 2.05) is 48.5 Å². The number of hydrogen-bond donors (Lipinski definition) is 0. The second kappa shape index (κ2) is 5.17. The van der Waals surface area contributed by atoms with E-state index in [9.17, 15) is 4.79 Å². The summed E-state index contributed by atoms with van der Waals surface area (Å²) in [4.78, 5) is 11.9. The van der Waals surface area contributed by atoms with E-state index in [4.69, 9.17) is 4.74 Å². The van der Waals surface area contributed by atoms with Crippen LogP contribution < -0.4 is 9.75 Å². The van der Waals surface area contributed by atoms with Crippen molar-refractivity contribution in [1.29, 1.82) is 0 Å². The zero-order valence-corrected chi connectivity index (χ0v) is 11.1. The first-order valence-electron chi connectivity index (χ1n) is 6.37. The Balaban J connectivity index is 1.83. The zero-order valence-electron chi connectivity index (χ0n) is 11.1. The number of carbonyl (C=O) groups is 1. The van der Waals surface area contributed by atoms with Gasteiger partial charge in [-0.1, -0.05) is 18.2 Å². The standard InChI is InChI=1S/C16H14N2O2/c1-20-14-8-6-12(7-9-14)11-17-18-15-5-3-2-4-13(15)10-16(18)19/h2-9,11H,10H2,1H3/b17-11-. The molecule has 0 atom stereocenters. The van der Waals surface area contributed by atoms with Crippen LogP contribution in [0.2, 0.25) is 0 Å². The molecule has 1 aliphatic heterocycles. The Kier molecular flexibility index (Phi) is 3.21. The highest BCUT2D eigenvalue weighted by Gasteiger charge is 2.26. The molecule has 100 valence electrons. The smallest absolute Gasteiger partial charge is 0.251 e. The van der Waals surface area contributed by atoms with Crippen LogP contribution in [0.1, 0.15) is 11.1 Å². The average molecular weight is 266 g/mol. The molecule has 4 nitrogen and oxygen atoms in total. The van der Waals surface area contributed by atoms with Crippen LogP contribution in [0.5, 0.6) is 5.75 Å². The van der Waals surface area contributed by atoms with E-state index in [0.717, 1.165) is 22.6 Å². The molecule has 0 unspecified atom stereocenters. The minimum Gasteiger partial charge on any atom is -0.497 e. The number of fused-ring (bicyclic) bond motifs is 1. The second-order valence-electron chi connectivity index (χ2n) is 4.53. The molecule has 0 bridgehead atoms. The van der Waals surface area contributed by atoms with Gasteiger partial charge in [-0.15, -0.1) is 0 Å². The first-order valence-corrected chi connectivity index (χ1v) is 6.37. The van der Waals surface area contributed by atoms with Crippen molar-refractivity contribution in [3.05, 3.63) is 59.7 Å². The first-order chi connectivity index (χ1) is 9.78. The van der Waals surface area contributed by atoms with Crippen molar-refractivity contribution in [2.24, 2.45) is 5.10 Å². The van der Waals surface area contributed by atoms with Gasteiger partial charge >= 0.3 is 0 Å². The molecule has 0 radical (unpaired) electrons. The van der Waals surface area contributed by atoms with E-state index < -0.39 is 0 Å². The van der Waals surface area contributed by atoms with Crippen LogP contribution in [-0.4, -0.2) is 19.2 Å². The Bertz CT molecular complexity index is 662. The monoisotopic (exact) mass is 266 g/mol. The van der Waals surface area contributed by atoms with Crippen LogP contribution in [0, 0.1) is 0 Å². The van der Waals surface area contributed by atoms with Gasteiger partial charge < -0.3 is 4.74 Å². The van der Waals surface area contributed by atoms with Crippen molar-refractivity contribution in [2.45, 2.75) is 6.42 Å². The maximum Gasteiger partial charge on any atom is 0.251 e. The third-order valence-electron chi connectivity index (χ3n) is 3.24. The van der Waals surface area contributed by atoms with Crippen LogP contribution in [-0.2, 0) is 11.2 Å². The molecule has 1 amide bonds. The maximum atomic E-state index is 11.9. The molecule has 2 aromatic rings. The number of nitrogens with zero attached hydrogens (tertiary/aromatic N) is 2. The molecule has 2 aromatic carbocycles. The second-order valence-corrected chi connectivity index (χ2v) is 4.53. The molecule has 0 fully saturated rings. The van der Waals surface area contributed by atoms with Crippen molar-refractivity contribution in [1.82, 2.24) is 0 Å². The van der Waals surface area contributed by atoms with E-state index >= 15 is 0 Å². The minimum absolute atomic E-state index is 0.00374. The Labute approximate surface area is 117 Å². The lowest BCUT2D eigenvalue weighted by Crippen LogP contribution is -2.20. The van der Waals surface area contributed by atoms with Crippen LogP contribution >= 0.6 is 0 Å². The molecule has 1 heterocycles. The number of para-hydroxylation sites is 1. The quantitative estimate of drug-likeness (QED) is 0.801. The highest BCUT2D eigenvalue weighted by Crippen LogP contribution is 2.28. The van der Waals surface area contributed by atoms with E-state index in [-0.39, 0.29) is 5.91 Å². The van der Waals surface area contributed by atoms with Gasteiger partial charge in [0.1, 0.15) is 5.75 Å². The molecular formula is C16H14N2O2. The topological polar surface area (TPSA) is 41.9 Å². The van der Waals surface area contributed by atoms with Gasteiger partial charge in [0, 0.05) is 0 Å². The molecule has 4 heteroatoms. The van der Waals surface area contributed by atoms with Gasteiger partial charge in [-0.2, -0.15) is 5.10 Å². The summed E-state index contributed by atoms with van der Waals surface area (Å²) in [6.07, 6.45) is 2.09. The number of anilines is 1. The predicted molar refractivity (Wildman–Crippen MR) is 78.2 cm³/mol. The summed E-state index contributed by atoms with van der Waals surface area (Å²) in [5, 5.41) is 5.75. The fourth-order valence-corrected chi connectivity index (χ4v) is 2.18. The number of carbonyl (C=O) groups excluding carboxylic acids is 1. The molecule has 0 aliphatic carbocycles. The van der Waals surface area contributed by atoms with Crippen molar-refractivity contribution in [3.63, 3.8) is 0 Å². The van der Waals surface area contributed by atoms with Gasteiger partial charge in [0.05, 0.1) is 25.4 Å². The summed E-state index contributed by atoms with van der Waals surface area (Å²) in [5.74, 6) is 0.792. The summed E-state index contributed by atoms with van der Waals surface area (Å²) in [6.45, 7) is 0. The Morgan fingerprint density at radius 2 is 1.90 bits per heavy atom. The number of rotatable bonds is 3. The summed E-state index contributed by atoms with van der Waals surface area (Å²) in [5.41, 5.74) is 2.80. The lowest BCUT2D eigenvalue weighted by atomic mass is 10.2. The zero-order chi connectivity index (χ0) is 13.9. The van der Waals surface area contributed by atoms with Crippen LogP contribution in [0.4, 0.5) is 5.69 Å². The lowest BCUT2D eigenvalue weighted by molar-refractivity contribution is -0.117. The molecule has 0 N–H and O–H groups in total. The maximum absolute atomic E-state index is 11.9. The highest BCUT2D eigenvalue weighted by atomic mass is 16.5. The summed E-state index contributed by atoms with van der Waals surface area (Å²) >= 11 is 0. The molecule has 0 saturated carbocycles. The van der Waals surface area contributed by atoms with Crippen molar-refractivity contribution >= 4 is 17.8 Å². The summed E-state index contributed by atoms with van der Waals surface area (Å²) < 4.78 is 5.10. The molecule has 0 aromatic heterocycles. The SMILES string of the molecule is COc1ccc(/C=N\N2C(=O)Cc3ccccc32)cc1. The normalized spacial score (nSPS) is 13.8. The molecular weight excluding hydrogens is 252 g/mol. The summed E-state index contributed by atoms with van der Waals surface area (Å²) in [7, 11) is 1.63. The molecule has 3 rings (SSSR count). The lowest BCUT2D eigenvalue weighted by Gasteiger charge is -2.10. The molecule has 0 saturated heterocycles. The van der Waals surface area contributed by atoms with Gasteiger partial charge in [0.15, 0.2) is 0 Å². The van der Waals surface area contributed by atoms with Gasteiger partial charge in [0.2, 0.25) is 0 Å². The van der Waals surface area contributed by atoms with Gasteiger partial charge in [-0.05, 0) is 41.5 Å². The van der Waals surface area contributed by atoms with E-state index in [0.29, 0.717) is 6.42 Å².